The second kappa shape index (κ2) is 8.00. The van der Waals surface area contributed by atoms with Crippen molar-refractivity contribution in [3.63, 3.8) is 0 Å². The van der Waals surface area contributed by atoms with Crippen LogP contribution in [0.4, 0.5) is 5.69 Å². The number of benzene rings is 2. The molecule has 4 rings (SSSR count). The quantitative estimate of drug-likeness (QED) is 0.539. The van der Waals surface area contributed by atoms with E-state index in [1.54, 1.807) is 43.4 Å². The van der Waals surface area contributed by atoms with E-state index in [0.29, 0.717) is 23.6 Å². The van der Waals surface area contributed by atoms with Crippen molar-refractivity contribution in [2.24, 2.45) is 12.5 Å². The number of nitrogens with zero attached hydrogens (tertiary/aromatic N) is 3. The van der Waals surface area contributed by atoms with Gasteiger partial charge < -0.3 is 5.32 Å². The van der Waals surface area contributed by atoms with Crippen LogP contribution in [0.25, 0.3) is 22.4 Å². The fourth-order valence-electron chi connectivity index (χ4n) is 3.66. The Morgan fingerprint density at radius 2 is 1.34 bits per heavy atom. The molecular weight excluding hydrogens is 404 g/mol. The number of rotatable bonds is 4. The van der Waals surface area contributed by atoms with E-state index in [-0.39, 0.29) is 22.0 Å². The average molecular weight is 431 g/mol. The number of hydrogen-bond donors (Lipinski definition) is 1. The molecule has 2 aromatic heterocycles. The maximum Gasteiger partial charge on any atom is 0.341 e. The normalized spacial score (nSPS) is 11.6. The van der Waals surface area contributed by atoms with Crippen LogP contribution in [-0.4, -0.2) is 20.2 Å². The van der Waals surface area contributed by atoms with Gasteiger partial charge in [0.25, 0.3) is 11.1 Å². The van der Waals surface area contributed by atoms with Gasteiger partial charge in [0.2, 0.25) is 0 Å². The first kappa shape index (κ1) is 21.4. The van der Waals surface area contributed by atoms with E-state index in [9.17, 15) is 14.4 Å². The molecule has 164 valence electrons. The third kappa shape index (κ3) is 3.77. The number of fused-ring (bicyclic) bond motifs is 1. The monoisotopic (exact) mass is 430 g/mol. The lowest BCUT2D eigenvalue weighted by atomic mass is 9.97. The molecule has 0 spiro atoms. The minimum absolute atomic E-state index is 0.0836. The molecule has 0 aliphatic heterocycles. The first-order valence-electron chi connectivity index (χ1n) is 10.5. The highest BCUT2D eigenvalue weighted by Gasteiger charge is 2.22. The third-order valence-corrected chi connectivity index (χ3v) is 5.26. The standard InChI is InChI=1S/C25H26N4O3/c1-25(2,3)16-26-19-15-20(30)27(4)22-21(19)23(31)29(18-13-9-6-10-14-18)24(32)28(22)17-11-7-5-8-12-17/h5-15,26H,16H2,1-4H3. The van der Waals surface area contributed by atoms with Crippen LogP contribution in [0.1, 0.15) is 20.8 Å². The van der Waals surface area contributed by atoms with E-state index >= 15 is 0 Å². The number of anilines is 1. The van der Waals surface area contributed by atoms with Gasteiger partial charge in [0.05, 0.1) is 17.1 Å². The topological polar surface area (TPSA) is 78.0 Å². The molecule has 0 bridgehead atoms. The van der Waals surface area contributed by atoms with Crippen molar-refractivity contribution in [2.45, 2.75) is 20.8 Å². The number of nitrogens with one attached hydrogen (secondary N) is 1. The molecule has 0 aliphatic rings. The molecule has 0 unspecified atom stereocenters. The van der Waals surface area contributed by atoms with Gasteiger partial charge in [-0.25, -0.2) is 13.9 Å². The summed E-state index contributed by atoms with van der Waals surface area (Å²) in [4.78, 5) is 40.3. The van der Waals surface area contributed by atoms with E-state index in [1.165, 1.54) is 15.2 Å². The average Bonchev–Trinajstić information content (AvgIpc) is 2.76. The second-order valence-electron chi connectivity index (χ2n) is 9.00. The zero-order chi connectivity index (χ0) is 23.0. The molecule has 2 aromatic carbocycles. The lowest BCUT2D eigenvalue weighted by Gasteiger charge is -2.22. The fourth-order valence-corrected chi connectivity index (χ4v) is 3.66. The van der Waals surface area contributed by atoms with Crippen LogP contribution in [0.3, 0.4) is 0 Å². The maximum absolute atomic E-state index is 13.7. The summed E-state index contributed by atoms with van der Waals surface area (Å²) in [6.45, 7) is 6.73. The van der Waals surface area contributed by atoms with Gasteiger partial charge in [-0.2, -0.15) is 0 Å². The van der Waals surface area contributed by atoms with E-state index in [0.717, 1.165) is 4.57 Å². The molecule has 0 fully saturated rings. The van der Waals surface area contributed by atoms with Crippen LogP contribution in [0, 0.1) is 5.41 Å². The molecule has 1 N–H and O–H groups in total. The largest absolute Gasteiger partial charge is 0.384 e. The van der Waals surface area contributed by atoms with Crippen LogP contribution < -0.4 is 22.1 Å². The maximum atomic E-state index is 13.7. The molecule has 0 radical (unpaired) electrons. The molecule has 0 aliphatic carbocycles. The number of para-hydroxylation sites is 2. The Kier molecular flexibility index (Phi) is 5.34. The van der Waals surface area contributed by atoms with Gasteiger partial charge >= 0.3 is 5.69 Å². The molecule has 0 saturated carbocycles. The van der Waals surface area contributed by atoms with Gasteiger partial charge in [0.1, 0.15) is 11.0 Å². The SMILES string of the molecule is Cn1c(=O)cc(NCC(C)(C)C)c2c(=O)n(-c3ccccc3)c(=O)n(-c3ccccc3)c21. The Labute approximate surface area is 185 Å². The van der Waals surface area contributed by atoms with Crippen molar-refractivity contribution in [2.75, 3.05) is 11.9 Å². The Balaban J connectivity index is 2.21. The zero-order valence-corrected chi connectivity index (χ0v) is 18.6. The number of aromatic nitrogens is 3. The lowest BCUT2D eigenvalue weighted by molar-refractivity contribution is 0.443. The van der Waals surface area contributed by atoms with Crippen LogP contribution >= 0.6 is 0 Å². The lowest BCUT2D eigenvalue weighted by Crippen LogP contribution is -2.41. The van der Waals surface area contributed by atoms with Gasteiger partial charge in [-0.15, -0.1) is 0 Å². The van der Waals surface area contributed by atoms with E-state index in [2.05, 4.69) is 26.1 Å². The van der Waals surface area contributed by atoms with Gasteiger partial charge in [-0.1, -0.05) is 57.2 Å². The molecule has 7 nitrogen and oxygen atoms in total. The van der Waals surface area contributed by atoms with Crippen molar-refractivity contribution in [1.29, 1.82) is 0 Å². The number of hydrogen-bond acceptors (Lipinski definition) is 4. The van der Waals surface area contributed by atoms with Crippen LogP contribution in [0.2, 0.25) is 0 Å². The van der Waals surface area contributed by atoms with Crippen molar-refractivity contribution in [3.8, 4) is 11.4 Å². The van der Waals surface area contributed by atoms with Crippen LogP contribution in [0.15, 0.2) is 81.1 Å². The third-order valence-electron chi connectivity index (χ3n) is 5.26. The fraction of sp³-hybridized carbons (Fsp3) is 0.240. The molecule has 4 aromatic rings. The van der Waals surface area contributed by atoms with Crippen molar-refractivity contribution in [3.05, 3.63) is 97.9 Å². The summed E-state index contributed by atoms with van der Waals surface area (Å²) in [6.07, 6.45) is 0. The van der Waals surface area contributed by atoms with Crippen LogP contribution in [-0.2, 0) is 7.05 Å². The summed E-state index contributed by atoms with van der Waals surface area (Å²) in [5.41, 5.74) is 0.285. The predicted octanol–water partition coefficient (Wildman–Crippen LogP) is 3.30. The van der Waals surface area contributed by atoms with E-state index < -0.39 is 11.2 Å². The molecule has 32 heavy (non-hydrogen) atoms. The predicted molar refractivity (Wildman–Crippen MR) is 128 cm³/mol. The van der Waals surface area contributed by atoms with Crippen molar-refractivity contribution >= 4 is 16.7 Å². The molecule has 0 amide bonds. The Morgan fingerprint density at radius 3 is 1.88 bits per heavy atom. The Bertz CT molecular complexity index is 1460. The molecular formula is C25H26N4O3. The first-order valence-corrected chi connectivity index (χ1v) is 10.5. The van der Waals surface area contributed by atoms with Crippen molar-refractivity contribution in [1.82, 2.24) is 13.7 Å². The van der Waals surface area contributed by atoms with E-state index in [4.69, 9.17) is 0 Å². The van der Waals surface area contributed by atoms with Gasteiger partial charge in [0, 0.05) is 19.7 Å². The Hall–Kier alpha value is -3.87. The van der Waals surface area contributed by atoms with Gasteiger partial charge in [0.15, 0.2) is 0 Å². The number of pyridine rings is 1. The summed E-state index contributed by atoms with van der Waals surface area (Å²) < 4.78 is 3.93. The highest BCUT2D eigenvalue weighted by molar-refractivity contribution is 5.89. The summed E-state index contributed by atoms with van der Waals surface area (Å²) in [5, 5.41) is 3.55. The highest BCUT2D eigenvalue weighted by atomic mass is 16.2. The minimum Gasteiger partial charge on any atom is -0.384 e. The summed E-state index contributed by atoms with van der Waals surface area (Å²) in [5.74, 6) is 0. The minimum atomic E-state index is -0.539. The zero-order valence-electron chi connectivity index (χ0n) is 18.6. The summed E-state index contributed by atoms with van der Waals surface area (Å²) >= 11 is 0. The second-order valence-corrected chi connectivity index (χ2v) is 9.00. The smallest absolute Gasteiger partial charge is 0.341 e. The molecule has 0 atom stereocenters. The molecule has 2 heterocycles. The molecule has 0 saturated heterocycles. The number of aryl methyl sites for hydroxylation is 1. The first-order chi connectivity index (χ1) is 15.2. The van der Waals surface area contributed by atoms with Crippen molar-refractivity contribution < 1.29 is 0 Å². The summed E-state index contributed by atoms with van der Waals surface area (Å²) in [6, 6.07) is 19.3. The van der Waals surface area contributed by atoms with Crippen LogP contribution in [0.5, 0.6) is 0 Å². The van der Waals surface area contributed by atoms with E-state index in [1.807, 2.05) is 24.3 Å². The van der Waals surface area contributed by atoms with Gasteiger partial charge in [-0.05, 0) is 29.7 Å². The summed E-state index contributed by atoms with van der Waals surface area (Å²) in [7, 11) is 1.57. The Morgan fingerprint density at radius 1 is 0.812 bits per heavy atom. The highest BCUT2D eigenvalue weighted by Crippen LogP contribution is 2.22. The van der Waals surface area contributed by atoms with Gasteiger partial charge in [-0.3, -0.25) is 14.2 Å². The molecule has 7 heteroatoms.